The number of carbonyl (C=O) groups is 1. The van der Waals surface area contributed by atoms with Crippen LogP contribution >= 0.6 is 0 Å². The fraction of sp³-hybridized carbons (Fsp3) is 0.640. The minimum Gasteiger partial charge on any atom is -0.450 e. The number of nitrogens with zero attached hydrogens (tertiary/aromatic N) is 6. The molecule has 3 aliphatic heterocycles. The molecule has 1 amide bonds. The smallest absolute Gasteiger partial charge is 0.409 e. The number of fused-ring (bicyclic) bond motifs is 2. The molecule has 2 aromatic rings. The number of halogens is 1. The second kappa shape index (κ2) is 8.22. The first-order valence-corrected chi connectivity index (χ1v) is 12.5. The maximum Gasteiger partial charge on any atom is 0.409 e. The molecule has 0 N–H and O–H groups in total. The fourth-order valence-corrected chi connectivity index (χ4v) is 6.99. The lowest BCUT2D eigenvalue weighted by molar-refractivity contribution is -0.00566. The highest BCUT2D eigenvalue weighted by molar-refractivity contribution is 5.75. The number of anilines is 1. The summed E-state index contributed by atoms with van der Waals surface area (Å²) in [6.45, 7) is 5.80. The van der Waals surface area contributed by atoms with Crippen LogP contribution in [0.3, 0.4) is 0 Å². The molecule has 4 aliphatic rings. The lowest BCUT2D eigenvalue weighted by atomic mass is 9.78. The third kappa shape index (κ3) is 3.65. The summed E-state index contributed by atoms with van der Waals surface area (Å²) >= 11 is 0. The van der Waals surface area contributed by atoms with Gasteiger partial charge in [-0.25, -0.2) is 14.2 Å². The van der Waals surface area contributed by atoms with E-state index in [9.17, 15) is 9.18 Å². The van der Waals surface area contributed by atoms with Crippen molar-refractivity contribution in [2.75, 3.05) is 37.7 Å². The number of aromatic nitrogens is 3. The number of likely N-dealkylation sites (tertiary alicyclic amines) is 1. The van der Waals surface area contributed by atoms with Crippen LogP contribution in [-0.2, 0) is 11.8 Å². The topological polar surface area (TPSA) is 66.7 Å². The third-order valence-electron chi connectivity index (χ3n) is 8.36. The summed E-state index contributed by atoms with van der Waals surface area (Å²) in [7, 11) is 1.87. The molecule has 1 spiro atoms. The lowest BCUT2D eigenvalue weighted by Crippen LogP contribution is -2.60. The molecular formula is C25H33FN6O2. The van der Waals surface area contributed by atoms with Crippen molar-refractivity contribution in [1.29, 1.82) is 0 Å². The zero-order valence-corrected chi connectivity index (χ0v) is 20.0. The van der Waals surface area contributed by atoms with Crippen molar-refractivity contribution in [3.8, 4) is 11.1 Å². The van der Waals surface area contributed by atoms with E-state index >= 15 is 0 Å². The first kappa shape index (κ1) is 21.8. The predicted molar refractivity (Wildman–Crippen MR) is 126 cm³/mol. The zero-order chi connectivity index (χ0) is 23.4. The molecule has 4 fully saturated rings. The first-order valence-electron chi connectivity index (χ1n) is 12.5. The van der Waals surface area contributed by atoms with Gasteiger partial charge in [-0.1, -0.05) is 0 Å². The van der Waals surface area contributed by atoms with Crippen molar-refractivity contribution in [1.82, 2.24) is 24.6 Å². The molecule has 0 unspecified atom stereocenters. The normalized spacial score (nSPS) is 27.9. The van der Waals surface area contributed by atoms with Crippen LogP contribution in [0.2, 0.25) is 0 Å². The lowest BCUT2D eigenvalue weighted by Gasteiger charge is -2.49. The van der Waals surface area contributed by atoms with Crippen molar-refractivity contribution in [2.24, 2.45) is 12.5 Å². The number of ether oxygens (including phenoxy) is 1. The average molecular weight is 469 g/mol. The number of hydrogen-bond donors (Lipinski definition) is 0. The molecule has 3 atom stereocenters. The molecule has 1 saturated carbocycles. The van der Waals surface area contributed by atoms with Gasteiger partial charge in [0.2, 0.25) is 0 Å². The van der Waals surface area contributed by atoms with Gasteiger partial charge in [0.1, 0.15) is 11.6 Å². The van der Waals surface area contributed by atoms with Crippen LogP contribution in [0.5, 0.6) is 0 Å². The Labute approximate surface area is 199 Å². The van der Waals surface area contributed by atoms with Crippen LogP contribution < -0.4 is 4.90 Å². The highest BCUT2D eigenvalue weighted by atomic mass is 19.1. The highest BCUT2D eigenvalue weighted by Crippen LogP contribution is 2.50. The van der Waals surface area contributed by atoms with Gasteiger partial charge in [0.15, 0.2) is 0 Å². The molecule has 0 aromatic carbocycles. The van der Waals surface area contributed by atoms with E-state index in [1.54, 1.807) is 16.9 Å². The van der Waals surface area contributed by atoms with Gasteiger partial charge in [0.05, 0.1) is 19.0 Å². The second-order valence-corrected chi connectivity index (χ2v) is 10.6. The summed E-state index contributed by atoms with van der Waals surface area (Å²) in [4.78, 5) is 23.6. The number of rotatable bonds is 4. The number of hydrogen-bond acceptors (Lipinski definition) is 6. The van der Waals surface area contributed by atoms with Gasteiger partial charge in [-0.05, 0) is 45.1 Å². The summed E-state index contributed by atoms with van der Waals surface area (Å²) in [5, 5.41) is 4.28. The van der Waals surface area contributed by atoms with Gasteiger partial charge in [-0.3, -0.25) is 9.58 Å². The summed E-state index contributed by atoms with van der Waals surface area (Å²) < 4.78 is 21.0. The second-order valence-electron chi connectivity index (χ2n) is 10.6. The molecule has 1 aliphatic carbocycles. The Morgan fingerprint density at radius 3 is 2.62 bits per heavy atom. The zero-order valence-electron chi connectivity index (χ0n) is 20.0. The number of carbonyl (C=O) groups excluding carboxylic acids is 1. The molecule has 182 valence electrons. The van der Waals surface area contributed by atoms with E-state index in [1.165, 1.54) is 38.3 Å². The maximum absolute atomic E-state index is 14.1. The van der Waals surface area contributed by atoms with Gasteiger partial charge >= 0.3 is 6.09 Å². The minimum absolute atomic E-state index is 0.165. The van der Waals surface area contributed by atoms with E-state index in [-0.39, 0.29) is 17.3 Å². The molecule has 34 heavy (non-hydrogen) atoms. The minimum atomic E-state index is -0.321. The van der Waals surface area contributed by atoms with E-state index in [4.69, 9.17) is 4.74 Å². The molecule has 8 nitrogen and oxygen atoms in total. The first-order chi connectivity index (χ1) is 16.4. The van der Waals surface area contributed by atoms with Crippen molar-refractivity contribution < 1.29 is 13.9 Å². The summed E-state index contributed by atoms with van der Waals surface area (Å²) in [6.07, 6.45) is 10.8. The SMILES string of the molecule is CCOC(=O)N1CC2(CC[C@@H](N3[C@@H]4CC[C@H]3CN(c3ncc(F)cc3-c3cnn(C)c3)C4)C2)C1. The molecule has 6 rings (SSSR count). The molecule has 3 saturated heterocycles. The summed E-state index contributed by atoms with van der Waals surface area (Å²) in [5.74, 6) is 0.538. The Balaban J connectivity index is 1.16. The van der Waals surface area contributed by atoms with E-state index in [2.05, 4.69) is 19.9 Å². The van der Waals surface area contributed by atoms with Crippen molar-refractivity contribution >= 4 is 11.9 Å². The molecule has 2 bridgehead atoms. The van der Waals surface area contributed by atoms with Gasteiger partial charge in [-0.2, -0.15) is 5.10 Å². The van der Waals surface area contributed by atoms with Gasteiger partial charge in [-0.15, -0.1) is 0 Å². The number of aryl methyl sites for hydroxylation is 1. The van der Waals surface area contributed by atoms with Crippen LogP contribution in [0.15, 0.2) is 24.7 Å². The average Bonchev–Trinajstić information content (AvgIpc) is 3.48. The van der Waals surface area contributed by atoms with E-state index in [1.807, 2.05) is 25.1 Å². The van der Waals surface area contributed by atoms with Crippen molar-refractivity contribution in [2.45, 2.75) is 57.2 Å². The van der Waals surface area contributed by atoms with Gasteiger partial charge < -0.3 is 14.5 Å². The molecule has 9 heteroatoms. The molecule has 5 heterocycles. The molecule has 0 radical (unpaired) electrons. The van der Waals surface area contributed by atoms with Gasteiger partial charge in [0.25, 0.3) is 0 Å². The Hall–Kier alpha value is -2.68. The highest BCUT2D eigenvalue weighted by Gasteiger charge is 2.54. The Morgan fingerprint density at radius 1 is 1.18 bits per heavy atom. The Kier molecular flexibility index (Phi) is 5.28. The number of piperazine rings is 1. The Bertz CT molecular complexity index is 1070. The predicted octanol–water partition coefficient (Wildman–Crippen LogP) is 3.29. The monoisotopic (exact) mass is 468 g/mol. The largest absolute Gasteiger partial charge is 0.450 e. The van der Waals surface area contributed by atoms with E-state index in [0.29, 0.717) is 24.7 Å². The van der Waals surface area contributed by atoms with Crippen LogP contribution in [0.25, 0.3) is 11.1 Å². The van der Waals surface area contributed by atoms with E-state index in [0.717, 1.165) is 43.1 Å². The van der Waals surface area contributed by atoms with E-state index < -0.39 is 0 Å². The van der Waals surface area contributed by atoms with Crippen LogP contribution in [0, 0.1) is 11.2 Å². The Morgan fingerprint density at radius 2 is 1.94 bits per heavy atom. The maximum atomic E-state index is 14.1. The number of pyridine rings is 1. The van der Waals surface area contributed by atoms with Gasteiger partial charge in [0, 0.05) is 74.1 Å². The molecule has 2 aromatic heterocycles. The van der Waals surface area contributed by atoms with Crippen molar-refractivity contribution in [3.05, 3.63) is 30.5 Å². The fourth-order valence-electron chi connectivity index (χ4n) is 6.99. The van der Waals surface area contributed by atoms with Crippen LogP contribution in [0.4, 0.5) is 15.0 Å². The summed E-state index contributed by atoms with van der Waals surface area (Å²) in [5.41, 5.74) is 1.99. The van der Waals surface area contributed by atoms with Crippen LogP contribution in [-0.4, -0.2) is 81.6 Å². The summed E-state index contributed by atoms with van der Waals surface area (Å²) in [6, 6.07) is 3.16. The standard InChI is InChI=1S/C25H33FN6O2/c1-3-34-24(33)31-15-25(16-31)7-6-19(9-25)32-20-4-5-21(32)14-30(13-20)23-22(8-18(26)11-27-23)17-10-28-29(2)12-17/h8,10-12,19-21H,3-7,9,13-16H2,1-2H3/t19-,20-,21+/m1/s1. The third-order valence-corrected chi connectivity index (χ3v) is 8.36. The molecular weight excluding hydrogens is 435 g/mol. The quantitative estimate of drug-likeness (QED) is 0.686. The van der Waals surface area contributed by atoms with Crippen molar-refractivity contribution in [3.63, 3.8) is 0 Å². The van der Waals surface area contributed by atoms with Crippen LogP contribution in [0.1, 0.15) is 39.0 Å². The number of amides is 1.